The molecule has 0 bridgehead atoms. The molecule has 1 atom stereocenters. The number of nitrogens with one attached hydrogen (secondary N) is 1. The Balaban J connectivity index is 2.22. The highest BCUT2D eigenvalue weighted by Crippen LogP contribution is 2.41. The summed E-state index contributed by atoms with van der Waals surface area (Å²) in [5, 5.41) is 5.91. The number of rotatable bonds is 4. The van der Waals surface area contributed by atoms with Crippen LogP contribution < -0.4 is 5.32 Å². The first-order valence-corrected chi connectivity index (χ1v) is 6.94. The van der Waals surface area contributed by atoms with E-state index >= 15 is 0 Å². The van der Waals surface area contributed by atoms with Crippen LogP contribution in [0.5, 0.6) is 0 Å². The Morgan fingerprint density at radius 2 is 2.20 bits per heavy atom. The van der Waals surface area contributed by atoms with E-state index in [1.54, 1.807) is 0 Å². The Bertz CT molecular complexity index is 287. The van der Waals surface area contributed by atoms with Gasteiger partial charge in [-0.15, -0.1) is 11.3 Å². The van der Waals surface area contributed by atoms with Crippen LogP contribution in [0.2, 0.25) is 0 Å². The Hall–Kier alpha value is -0.340. The van der Waals surface area contributed by atoms with Gasteiger partial charge < -0.3 is 5.32 Å². The molecule has 1 nitrogen and oxygen atoms in total. The van der Waals surface area contributed by atoms with Crippen LogP contribution in [0.1, 0.15) is 44.4 Å². The highest BCUT2D eigenvalue weighted by atomic mass is 32.1. The summed E-state index contributed by atoms with van der Waals surface area (Å²) in [7, 11) is 0. The normalized spacial score (nSPS) is 21.7. The van der Waals surface area contributed by atoms with E-state index in [1.165, 1.54) is 30.6 Å². The number of hydrogen-bond donors (Lipinski definition) is 1. The van der Waals surface area contributed by atoms with Gasteiger partial charge in [0.15, 0.2) is 0 Å². The third kappa shape index (κ3) is 2.11. The lowest BCUT2D eigenvalue weighted by Crippen LogP contribution is -2.44. The van der Waals surface area contributed by atoms with Gasteiger partial charge in [0.1, 0.15) is 0 Å². The summed E-state index contributed by atoms with van der Waals surface area (Å²) in [5.41, 5.74) is 0.222. The summed E-state index contributed by atoms with van der Waals surface area (Å²) in [4.78, 5) is 1.51. The summed E-state index contributed by atoms with van der Waals surface area (Å²) in [6.07, 6.45) is 5.61. The monoisotopic (exact) mass is 223 g/mol. The van der Waals surface area contributed by atoms with Crippen LogP contribution in [0.3, 0.4) is 0 Å². The van der Waals surface area contributed by atoms with Crippen molar-refractivity contribution in [1.82, 2.24) is 5.32 Å². The first-order valence-electron chi connectivity index (χ1n) is 6.06. The minimum Gasteiger partial charge on any atom is -0.307 e. The van der Waals surface area contributed by atoms with Gasteiger partial charge in [0.25, 0.3) is 0 Å². The van der Waals surface area contributed by atoms with E-state index in [2.05, 4.69) is 36.7 Å². The average molecular weight is 223 g/mol. The summed E-state index contributed by atoms with van der Waals surface area (Å²) in [6.45, 7) is 5.66. The molecule has 0 radical (unpaired) electrons. The van der Waals surface area contributed by atoms with E-state index in [9.17, 15) is 0 Å². The van der Waals surface area contributed by atoms with Gasteiger partial charge in [-0.2, -0.15) is 0 Å². The van der Waals surface area contributed by atoms with Crippen LogP contribution in [0.15, 0.2) is 17.5 Å². The van der Waals surface area contributed by atoms with Crippen molar-refractivity contribution >= 4 is 11.3 Å². The van der Waals surface area contributed by atoms with Gasteiger partial charge in [-0.25, -0.2) is 0 Å². The Labute approximate surface area is 96.9 Å². The Morgan fingerprint density at radius 1 is 1.47 bits per heavy atom. The molecule has 1 fully saturated rings. The quantitative estimate of drug-likeness (QED) is 0.819. The molecule has 1 unspecified atom stereocenters. The first kappa shape index (κ1) is 11.2. The number of hydrogen-bond acceptors (Lipinski definition) is 2. The largest absolute Gasteiger partial charge is 0.307 e. The molecule has 0 aliphatic heterocycles. The molecule has 1 aliphatic rings. The minimum absolute atomic E-state index is 0.222. The molecule has 2 rings (SSSR count). The molecule has 84 valence electrons. The van der Waals surface area contributed by atoms with E-state index < -0.39 is 0 Å². The molecular weight excluding hydrogens is 202 g/mol. The number of thiophene rings is 1. The van der Waals surface area contributed by atoms with Crippen molar-refractivity contribution in [3.8, 4) is 0 Å². The molecule has 1 aromatic heterocycles. The third-order valence-electron chi connectivity index (χ3n) is 3.75. The van der Waals surface area contributed by atoms with Crippen molar-refractivity contribution in [2.45, 2.75) is 45.1 Å². The second kappa shape index (κ2) is 4.67. The average Bonchev–Trinajstić information content (AvgIpc) is 2.92. The highest BCUT2D eigenvalue weighted by Gasteiger charge is 2.37. The third-order valence-corrected chi connectivity index (χ3v) is 4.86. The van der Waals surface area contributed by atoms with Crippen molar-refractivity contribution < 1.29 is 0 Å². The van der Waals surface area contributed by atoms with E-state index in [4.69, 9.17) is 0 Å². The summed E-state index contributed by atoms with van der Waals surface area (Å²) >= 11 is 1.89. The summed E-state index contributed by atoms with van der Waals surface area (Å²) < 4.78 is 0. The fourth-order valence-corrected chi connectivity index (χ4v) is 3.82. The predicted octanol–water partition coefficient (Wildman–Crippen LogP) is 3.76. The van der Waals surface area contributed by atoms with Crippen molar-refractivity contribution in [2.24, 2.45) is 5.92 Å². The van der Waals surface area contributed by atoms with Gasteiger partial charge in [-0.1, -0.05) is 25.8 Å². The van der Waals surface area contributed by atoms with Crippen molar-refractivity contribution in [1.29, 1.82) is 0 Å². The highest BCUT2D eigenvalue weighted by molar-refractivity contribution is 7.10. The van der Waals surface area contributed by atoms with E-state index in [-0.39, 0.29) is 5.54 Å². The topological polar surface area (TPSA) is 12.0 Å². The van der Waals surface area contributed by atoms with Crippen LogP contribution in [-0.4, -0.2) is 6.54 Å². The van der Waals surface area contributed by atoms with Crippen LogP contribution in [0.4, 0.5) is 0 Å². The molecule has 1 aromatic rings. The van der Waals surface area contributed by atoms with Crippen LogP contribution >= 0.6 is 11.3 Å². The van der Waals surface area contributed by atoms with Crippen molar-refractivity contribution in [3.63, 3.8) is 0 Å². The van der Waals surface area contributed by atoms with Gasteiger partial charge in [0.2, 0.25) is 0 Å². The molecule has 1 heterocycles. The second-order valence-corrected chi connectivity index (χ2v) is 5.64. The molecule has 15 heavy (non-hydrogen) atoms. The zero-order valence-electron chi connectivity index (χ0n) is 9.75. The van der Waals surface area contributed by atoms with Gasteiger partial charge in [0, 0.05) is 4.88 Å². The fraction of sp³-hybridized carbons (Fsp3) is 0.692. The van der Waals surface area contributed by atoms with Gasteiger partial charge >= 0.3 is 0 Å². The second-order valence-electron chi connectivity index (χ2n) is 4.69. The van der Waals surface area contributed by atoms with Crippen LogP contribution in [0.25, 0.3) is 0 Å². The Kier molecular flexibility index (Phi) is 3.47. The molecule has 0 amide bonds. The zero-order valence-corrected chi connectivity index (χ0v) is 10.6. The first-order chi connectivity index (χ1) is 7.27. The lowest BCUT2D eigenvalue weighted by Gasteiger charge is -2.36. The predicted molar refractivity (Wildman–Crippen MR) is 67.3 cm³/mol. The SMILES string of the molecule is CCNC(C)(c1cccs1)C1CCCC1. The molecule has 0 aromatic carbocycles. The molecule has 0 spiro atoms. The smallest absolute Gasteiger partial charge is 0.0528 e. The standard InChI is InChI=1S/C13H21NS/c1-3-14-13(2,11-7-4-5-8-11)12-9-6-10-15-12/h6,9-11,14H,3-5,7-8H2,1-2H3. The van der Waals surface area contributed by atoms with Gasteiger partial charge in [0.05, 0.1) is 5.54 Å². The Morgan fingerprint density at radius 3 is 2.73 bits per heavy atom. The van der Waals surface area contributed by atoms with E-state index in [1.807, 2.05) is 11.3 Å². The van der Waals surface area contributed by atoms with Crippen molar-refractivity contribution in [2.75, 3.05) is 6.54 Å². The maximum Gasteiger partial charge on any atom is 0.0528 e. The van der Waals surface area contributed by atoms with Gasteiger partial charge in [-0.3, -0.25) is 0 Å². The molecule has 1 saturated carbocycles. The van der Waals surface area contributed by atoms with E-state index in [0.29, 0.717) is 0 Å². The molecule has 0 saturated heterocycles. The van der Waals surface area contributed by atoms with E-state index in [0.717, 1.165) is 12.5 Å². The molecule has 1 N–H and O–H groups in total. The zero-order chi connectivity index (χ0) is 10.7. The maximum atomic E-state index is 3.71. The molecule has 2 heteroatoms. The maximum absolute atomic E-state index is 3.71. The lowest BCUT2D eigenvalue weighted by molar-refractivity contribution is 0.244. The van der Waals surface area contributed by atoms with Crippen LogP contribution in [0, 0.1) is 5.92 Å². The lowest BCUT2D eigenvalue weighted by atomic mass is 9.83. The van der Waals surface area contributed by atoms with Crippen molar-refractivity contribution in [3.05, 3.63) is 22.4 Å². The molecule has 1 aliphatic carbocycles. The summed E-state index contributed by atoms with van der Waals surface area (Å²) in [5.74, 6) is 0.830. The van der Waals surface area contributed by atoms with Gasteiger partial charge in [-0.05, 0) is 43.7 Å². The summed E-state index contributed by atoms with van der Waals surface area (Å²) in [6, 6.07) is 4.45. The molecular formula is C13H21NS. The van der Waals surface area contributed by atoms with Crippen LogP contribution in [-0.2, 0) is 5.54 Å². The minimum atomic E-state index is 0.222. The fourth-order valence-electron chi connectivity index (χ4n) is 2.88.